The van der Waals surface area contributed by atoms with Crippen molar-refractivity contribution in [3.8, 4) is 11.8 Å². The van der Waals surface area contributed by atoms with Crippen molar-refractivity contribution in [2.45, 2.75) is 25.2 Å². The lowest BCUT2D eigenvalue weighted by Crippen LogP contribution is -2.41. The summed E-state index contributed by atoms with van der Waals surface area (Å²) in [6, 6.07) is 21.0. The molecule has 0 fully saturated rings. The molecule has 3 rings (SSSR count). The lowest BCUT2D eigenvalue weighted by atomic mass is 9.66. The van der Waals surface area contributed by atoms with Gasteiger partial charge in [-0.05, 0) is 11.1 Å². The van der Waals surface area contributed by atoms with E-state index in [1.54, 1.807) is 6.07 Å². The second kappa shape index (κ2) is 12.9. The molecular formula is C26H31N3O7. The highest BCUT2D eigenvalue weighted by molar-refractivity contribution is 5.76. The van der Waals surface area contributed by atoms with Crippen molar-refractivity contribution in [2.24, 2.45) is 5.92 Å². The normalized spacial score (nSPS) is 12.3. The van der Waals surface area contributed by atoms with Gasteiger partial charge in [-0.3, -0.25) is 20.0 Å². The lowest BCUT2D eigenvalue weighted by molar-refractivity contribution is -0.492. The maximum Gasteiger partial charge on any atom is 0.310 e. The molecule has 3 aromatic rings. The molecule has 10 heteroatoms. The van der Waals surface area contributed by atoms with Crippen molar-refractivity contribution in [3.63, 3.8) is 0 Å². The van der Waals surface area contributed by atoms with Crippen molar-refractivity contribution >= 4 is 5.97 Å². The third kappa shape index (κ3) is 6.76. The largest absolute Gasteiger partial charge is 0.481 e. The number of carbonyl (C=O) groups excluding carboxylic acids is 1. The first-order chi connectivity index (χ1) is 17.4. The van der Waals surface area contributed by atoms with Crippen molar-refractivity contribution in [2.75, 3.05) is 27.4 Å². The Kier molecular flexibility index (Phi) is 9.71. The first kappa shape index (κ1) is 27.0. The van der Waals surface area contributed by atoms with Crippen LogP contribution in [-0.2, 0) is 26.2 Å². The Hall–Kier alpha value is -3.57. The van der Waals surface area contributed by atoms with Crippen LogP contribution in [0, 0.1) is 5.92 Å². The third-order valence-corrected chi connectivity index (χ3v) is 6.00. The maximum absolute atomic E-state index is 13.7. The van der Waals surface area contributed by atoms with Gasteiger partial charge < -0.3 is 14.2 Å². The predicted octanol–water partition coefficient (Wildman–Crippen LogP) is 3.60. The Morgan fingerprint density at radius 2 is 1.44 bits per heavy atom. The number of esters is 1. The lowest BCUT2D eigenvalue weighted by Gasteiger charge is -2.37. The first-order valence-corrected chi connectivity index (χ1v) is 11.4. The zero-order valence-electron chi connectivity index (χ0n) is 20.5. The van der Waals surface area contributed by atoms with Crippen LogP contribution in [0.3, 0.4) is 0 Å². The van der Waals surface area contributed by atoms with Gasteiger partial charge in [0.05, 0.1) is 44.8 Å². The second-order valence-corrected chi connectivity index (χ2v) is 8.17. The highest BCUT2D eigenvalue weighted by Gasteiger charge is 2.43. The smallest absolute Gasteiger partial charge is 0.310 e. The Balaban J connectivity index is 2.02. The number of carbonyl (C=O) groups is 1. The summed E-state index contributed by atoms with van der Waals surface area (Å²) in [5.74, 6) is -0.182. The van der Waals surface area contributed by atoms with Crippen LogP contribution in [0.1, 0.15) is 30.3 Å². The van der Waals surface area contributed by atoms with Crippen molar-refractivity contribution in [1.29, 1.82) is 0 Å². The Morgan fingerprint density at radius 3 is 1.92 bits per heavy atom. The molecule has 0 spiro atoms. The SMILES string of the molecule is COc1cc(OC)nc(C[C@H](C(=O)OCCCON(O)O)C(C)(c2ccccc2)c2ccccc2)n1. The minimum atomic E-state index is -0.803. The minimum absolute atomic E-state index is 0.0190. The number of rotatable bonds is 13. The molecule has 2 aromatic carbocycles. The van der Waals surface area contributed by atoms with Crippen LogP contribution in [0.5, 0.6) is 11.8 Å². The quantitative estimate of drug-likeness (QED) is 0.206. The van der Waals surface area contributed by atoms with Crippen LogP contribution in [-0.4, -0.2) is 59.2 Å². The summed E-state index contributed by atoms with van der Waals surface area (Å²) in [5.41, 5.74) is 1.04. The van der Waals surface area contributed by atoms with Crippen molar-refractivity contribution in [1.82, 2.24) is 15.4 Å². The number of nitrogens with zero attached hydrogens (tertiary/aromatic N) is 3. The zero-order chi connectivity index (χ0) is 26.0. The summed E-state index contributed by atoms with van der Waals surface area (Å²) in [5, 5.41) is 17.0. The molecule has 0 aliphatic rings. The van der Waals surface area contributed by atoms with Gasteiger partial charge in [-0.1, -0.05) is 67.6 Å². The molecule has 36 heavy (non-hydrogen) atoms. The number of hydrogen-bond donors (Lipinski definition) is 2. The van der Waals surface area contributed by atoms with E-state index in [9.17, 15) is 4.79 Å². The highest BCUT2D eigenvalue weighted by Crippen LogP contribution is 2.41. The van der Waals surface area contributed by atoms with E-state index < -0.39 is 17.3 Å². The summed E-state index contributed by atoms with van der Waals surface area (Å²) < 4.78 is 16.2. The van der Waals surface area contributed by atoms with E-state index in [1.807, 2.05) is 67.6 Å². The summed E-state index contributed by atoms with van der Waals surface area (Å²) in [6.45, 7) is 1.97. The van der Waals surface area contributed by atoms with E-state index >= 15 is 0 Å². The number of aromatic nitrogens is 2. The molecular weight excluding hydrogens is 466 g/mol. The number of methoxy groups -OCH3 is 2. The van der Waals surface area contributed by atoms with Crippen LogP contribution < -0.4 is 9.47 Å². The molecule has 0 radical (unpaired) electrons. The van der Waals surface area contributed by atoms with Gasteiger partial charge in [0.2, 0.25) is 11.8 Å². The summed E-state index contributed by atoms with van der Waals surface area (Å²) >= 11 is 0. The molecule has 0 unspecified atom stereocenters. The molecule has 0 amide bonds. The van der Waals surface area contributed by atoms with Gasteiger partial charge >= 0.3 is 5.97 Å². The minimum Gasteiger partial charge on any atom is -0.481 e. The van der Waals surface area contributed by atoms with Crippen LogP contribution in [0.15, 0.2) is 66.7 Å². The highest BCUT2D eigenvalue weighted by atomic mass is 17.1. The monoisotopic (exact) mass is 497 g/mol. The molecule has 0 saturated carbocycles. The van der Waals surface area contributed by atoms with Gasteiger partial charge in [0.1, 0.15) is 5.82 Å². The van der Waals surface area contributed by atoms with Crippen molar-refractivity contribution in [3.05, 3.63) is 83.7 Å². The second-order valence-electron chi connectivity index (χ2n) is 8.17. The predicted molar refractivity (Wildman–Crippen MR) is 129 cm³/mol. The van der Waals surface area contributed by atoms with Crippen LogP contribution in [0.4, 0.5) is 0 Å². The zero-order valence-corrected chi connectivity index (χ0v) is 20.5. The Morgan fingerprint density at radius 1 is 0.917 bits per heavy atom. The Labute approximate surface area is 209 Å². The van der Waals surface area contributed by atoms with E-state index in [0.717, 1.165) is 11.1 Å². The summed E-state index contributed by atoms with van der Waals surface area (Å²) in [7, 11) is 2.99. The fourth-order valence-corrected chi connectivity index (χ4v) is 4.07. The molecule has 10 nitrogen and oxygen atoms in total. The van der Waals surface area contributed by atoms with E-state index in [4.69, 9.17) is 24.6 Å². The Bertz CT molecular complexity index is 1040. The van der Waals surface area contributed by atoms with Crippen molar-refractivity contribution < 1.29 is 34.3 Å². The fourth-order valence-electron chi connectivity index (χ4n) is 4.07. The molecule has 0 aliphatic heterocycles. The van der Waals surface area contributed by atoms with E-state index in [-0.39, 0.29) is 31.4 Å². The van der Waals surface area contributed by atoms with Gasteiger partial charge in [-0.25, -0.2) is 0 Å². The number of ether oxygens (including phenoxy) is 3. The molecule has 0 bridgehead atoms. The van der Waals surface area contributed by atoms with Gasteiger partial charge in [0.15, 0.2) is 0 Å². The van der Waals surface area contributed by atoms with E-state index in [1.165, 1.54) is 14.2 Å². The molecule has 1 atom stereocenters. The van der Waals surface area contributed by atoms with Gasteiger partial charge in [0.25, 0.3) is 0 Å². The standard InChI is InChI=1S/C26H31N3O7/c1-26(19-11-6-4-7-12-19,20-13-8-5-9-14-20)21(25(30)35-15-10-16-36-29(31)32)17-22-27-23(33-2)18-24(28-22)34-3/h4-9,11-14,18,21,31-32H,10,15-17H2,1-3H3/t21-/m1/s1. The van der Waals surface area contributed by atoms with Crippen LogP contribution in [0.2, 0.25) is 0 Å². The summed E-state index contributed by atoms with van der Waals surface area (Å²) in [4.78, 5) is 27.1. The first-order valence-electron chi connectivity index (χ1n) is 11.4. The van der Waals surface area contributed by atoms with Crippen LogP contribution in [0.25, 0.3) is 0 Å². The molecule has 1 heterocycles. The average Bonchev–Trinajstić information content (AvgIpc) is 2.91. The van der Waals surface area contributed by atoms with Gasteiger partial charge in [-0.15, -0.1) is 0 Å². The number of benzene rings is 2. The topological polar surface area (TPSA) is 123 Å². The number of hydrogen-bond acceptors (Lipinski definition) is 10. The molecule has 2 N–H and O–H groups in total. The molecule has 0 aliphatic carbocycles. The van der Waals surface area contributed by atoms with Gasteiger partial charge in [-0.2, -0.15) is 9.97 Å². The van der Waals surface area contributed by atoms with E-state index in [0.29, 0.717) is 17.6 Å². The molecule has 1 aromatic heterocycles. The van der Waals surface area contributed by atoms with Crippen LogP contribution >= 0.6 is 0 Å². The average molecular weight is 498 g/mol. The molecule has 0 saturated heterocycles. The fraction of sp³-hybridized carbons (Fsp3) is 0.346. The summed E-state index contributed by atoms with van der Waals surface area (Å²) in [6.07, 6.45) is 0.400. The third-order valence-electron chi connectivity index (χ3n) is 6.00. The van der Waals surface area contributed by atoms with E-state index in [2.05, 4.69) is 14.8 Å². The molecule has 192 valence electrons. The van der Waals surface area contributed by atoms with Gasteiger partial charge in [0, 0.05) is 18.3 Å². The maximum atomic E-state index is 13.7.